The van der Waals surface area contributed by atoms with E-state index in [2.05, 4.69) is 4.98 Å². The van der Waals surface area contributed by atoms with Crippen LogP contribution in [0.2, 0.25) is 10.0 Å². The molecule has 168 valence electrons. The van der Waals surface area contributed by atoms with Gasteiger partial charge >= 0.3 is 11.9 Å². The number of hydrogen-bond donors (Lipinski definition) is 1. The van der Waals surface area contributed by atoms with Crippen LogP contribution in [0.5, 0.6) is 0 Å². The molecular formula is C21H20Cl2N4O5. The Bertz CT molecular complexity index is 1150. The Morgan fingerprint density at radius 2 is 2.12 bits per heavy atom. The van der Waals surface area contributed by atoms with E-state index in [0.29, 0.717) is 34.3 Å². The number of anilines is 1. The molecule has 0 spiro atoms. The highest BCUT2D eigenvalue weighted by Crippen LogP contribution is 2.36. The zero-order chi connectivity index (χ0) is 22.8. The molecule has 1 aliphatic rings. The molecule has 1 saturated heterocycles. The van der Waals surface area contributed by atoms with Crippen LogP contribution in [0, 0.1) is 0 Å². The number of aromatic nitrogens is 3. The molecule has 1 fully saturated rings. The molecule has 3 aromatic rings. The lowest BCUT2D eigenvalue weighted by molar-refractivity contribution is -0.143. The fraction of sp³-hybridized carbons (Fsp3) is 0.333. The van der Waals surface area contributed by atoms with Gasteiger partial charge in [-0.25, -0.2) is 14.8 Å². The predicted octanol–water partition coefficient (Wildman–Crippen LogP) is 3.34. The molecule has 4 rings (SSSR count). The minimum Gasteiger partial charge on any atom is -0.481 e. The Morgan fingerprint density at radius 1 is 1.31 bits per heavy atom. The maximum atomic E-state index is 12.5. The number of carboxylic acids is 1. The van der Waals surface area contributed by atoms with Gasteiger partial charge in [-0.15, -0.1) is 0 Å². The molecule has 0 radical (unpaired) electrons. The number of imidazole rings is 1. The third-order valence-electron chi connectivity index (χ3n) is 5.32. The summed E-state index contributed by atoms with van der Waals surface area (Å²) in [5.74, 6) is -0.889. The van der Waals surface area contributed by atoms with E-state index < -0.39 is 18.0 Å². The van der Waals surface area contributed by atoms with Crippen LogP contribution in [0.4, 0.5) is 5.82 Å². The van der Waals surface area contributed by atoms with Gasteiger partial charge in [0.1, 0.15) is 11.9 Å². The van der Waals surface area contributed by atoms with Gasteiger partial charge < -0.3 is 24.0 Å². The first-order valence-corrected chi connectivity index (χ1v) is 10.6. The van der Waals surface area contributed by atoms with Crippen LogP contribution in [0.3, 0.4) is 0 Å². The number of carbonyl (C=O) groups excluding carboxylic acids is 1. The van der Waals surface area contributed by atoms with Crippen molar-refractivity contribution >= 4 is 51.9 Å². The fourth-order valence-electron chi connectivity index (χ4n) is 3.81. The number of fused-ring (bicyclic) bond motifs is 1. The summed E-state index contributed by atoms with van der Waals surface area (Å²) in [6.45, 7) is 0.383. The van der Waals surface area contributed by atoms with E-state index in [1.165, 1.54) is 7.11 Å². The summed E-state index contributed by atoms with van der Waals surface area (Å²) in [4.78, 5) is 33.9. The zero-order valence-electron chi connectivity index (χ0n) is 17.1. The average molecular weight is 479 g/mol. The molecule has 0 saturated carbocycles. The third-order valence-corrected chi connectivity index (χ3v) is 6.11. The quantitative estimate of drug-likeness (QED) is 0.515. The minimum atomic E-state index is -0.947. The summed E-state index contributed by atoms with van der Waals surface area (Å²) in [6, 6.07) is 4.72. The molecule has 2 aromatic heterocycles. The Kier molecular flexibility index (Phi) is 6.50. The average Bonchev–Trinajstić information content (AvgIpc) is 3.45. The Hall–Kier alpha value is -2.88. The number of aliphatic carboxylic acids is 1. The maximum absolute atomic E-state index is 12.5. The summed E-state index contributed by atoms with van der Waals surface area (Å²) in [6.07, 6.45) is 4.97. The van der Waals surface area contributed by atoms with Crippen molar-refractivity contribution < 1.29 is 24.2 Å². The smallest absolute Gasteiger partial charge is 0.328 e. The number of methoxy groups -OCH3 is 1. The number of pyridine rings is 1. The van der Waals surface area contributed by atoms with Crippen LogP contribution in [0.15, 0.2) is 36.9 Å². The predicted molar refractivity (Wildman–Crippen MR) is 119 cm³/mol. The molecule has 0 bridgehead atoms. The van der Waals surface area contributed by atoms with E-state index in [1.54, 1.807) is 29.7 Å². The number of rotatable bonds is 7. The number of benzene rings is 1. The van der Waals surface area contributed by atoms with Gasteiger partial charge in [0, 0.05) is 36.8 Å². The summed E-state index contributed by atoms with van der Waals surface area (Å²) in [7, 11) is 1.32. The van der Waals surface area contributed by atoms with Gasteiger partial charge in [-0.2, -0.15) is 0 Å². The molecule has 0 aliphatic carbocycles. The van der Waals surface area contributed by atoms with Crippen LogP contribution in [0.1, 0.15) is 12.8 Å². The molecule has 0 unspecified atom stereocenters. The van der Waals surface area contributed by atoms with E-state index in [9.17, 15) is 9.59 Å². The van der Waals surface area contributed by atoms with Crippen molar-refractivity contribution in [1.82, 2.24) is 14.5 Å². The van der Waals surface area contributed by atoms with Crippen molar-refractivity contribution in [2.45, 2.75) is 25.0 Å². The van der Waals surface area contributed by atoms with E-state index >= 15 is 0 Å². The highest BCUT2D eigenvalue weighted by atomic mass is 35.5. The lowest BCUT2D eigenvalue weighted by Gasteiger charge is -2.25. The molecule has 0 amide bonds. The van der Waals surface area contributed by atoms with E-state index in [4.69, 9.17) is 42.8 Å². The molecule has 9 nitrogen and oxygen atoms in total. The molecule has 1 aliphatic heterocycles. The number of carbonyl (C=O) groups is 2. The molecule has 1 aromatic carbocycles. The number of esters is 1. The lowest BCUT2D eigenvalue weighted by Crippen LogP contribution is -2.37. The second kappa shape index (κ2) is 9.32. The van der Waals surface area contributed by atoms with Gasteiger partial charge in [-0.05, 0) is 12.1 Å². The van der Waals surface area contributed by atoms with Crippen LogP contribution in [-0.4, -0.2) is 64.0 Å². The second-order valence-corrected chi connectivity index (χ2v) is 8.08. The van der Waals surface area contributed by atoms with Crippen LogP contribution in [-0.2, 0) is 19.1 Å². The summed E-state index contributed by atoms with van der Waals surface area (Å²) in [5, 5.41) is 10.3. The first-order valence-electron chi connectivity index (χ1n) is 9.84. The normalized spacial score (nSPS) is 18.3. The summed E-state index contributed by atoms with van der Waals surface area (Å²) in [5.41, 5.74) is 1.25. The van der Waals surface area contributed by atoms with Gasteiger partial charge in [-0.1, -0.05) is 23.2 Å². The van der Waals surface area contributed by atoms with Crippen molar-refractivity contribution in [2.24, 2.45) is 0 Å². The van der Waals surface area contributed by atoms with Crippen molar-refractivity contribution in [3.63, 3.8) is 0 Å². The number of ether oxygens (including phenoxy) is 2. The van der Waals surface area contributed by atoms with Gasteiger partial charge in [0.2, 0.25) is 0 Å². The lowest BCUT2D eigenvalue weighted by atomic mass is 10.1. The maximum Gasteiger partial charge on any atom is 0.328 e. The number of nitrogens with zero attached hydrogens (tertiary/aromatic N) is 4. The zero-order valence-corrected chi connectivity index (χ0v) is 18.6. The van der Waals surface area contributed by atoms with Crippen LogP contribution < -0.4 is 4.90 Å². The summed E-state index contributed by atoms with van der Waals surface area (Å²) < 4.78 is 12.5. The van der Waals surface area contributed by atoms with Crippen LogP contribution >= 0.6 is 23.2 Å². The SMILES string of the molecule is COC(=O)[C@@H]1C[C@H](OCCC(=O)O)CN1c1cc(-n2ccnc2)c2ccc(Cl)c(Cl)c2n1. The van der Waals surface area contributed by atoms with Crippen molar-refractivity contribution in [3.8, 4) is 5.69 Å². The standard InChI is InChI=1S/C21H20Cl2N4O5/c1-31-21(30)16-8-12(32-7-4-18(28)29)10-27(16)17-9-15(26-6-5-24-11-26)13-2-3-14(22)19(23)20(13)25-17/h2-3,5-6,9,11-12,16H,4,7-8,10H2,1H3,(H,28,29)/t12-,16-/m0/s1. The van der Waals surface area contributed by atoms with Crippen LogP contribution in [0.25, 0.3) is 16.6 Å². The van der Waals surface area contributed by atoms with E-state index in [1.807, 2.05) is 16.7 Å². The molecule has 2 atom stereocenters. The van der Waals surface area contributed by atoms with E-state index in [0.717, 1.165) is 11.1 Å². The largest absolute Gasteiger partial charge is 0.481 e. The first kappa shape index (κ1) is 22.3. The summed E-state index contributed by atoms with van der Waals surface area (Å²) >= 11 is 12.7. The Morgan fingerprint density at radius 3 is 2.81 bits per heavy atom. The molecular weight excluding hydrogens is 459 g/mol. The number of carboxylic acid groups (broad SMARTS) is 1. The van der Waals surface area contributed by atoms with Gasteiger partial charge in [0.25, 0.3) is 0 Å². The molecule has 3 heterocycles. The Balaban J connectivity index is 1.77. The molecule has 32 heavy (non-hydrogen) atoms. The highest BCUT2D eigenvalue weighted by molar-refractivity contribution is 6.45. The number of hydrogen-bond acceptors (Lipinski definition) is 7. The monoisotopic (exact) mass is 478 g/mol. The van der Waals surface area contributed by atoms with Crippen molar-refractivity contribution in [2.75, 3.05) is 25.2 Å². The fourth-order valence-corrected chi connectivity index (χ4v) is 4.17. The van der Waals surface area contributed by atoms with Gasteiger partial charge in [0.15, 0.2) is 0 Å². The van der Waals surface area contributed by atoms with Gasteiger partial charge in [-0.3, -0.25) is 4.79 Å². The highest BCUT2D eigenvalue weighted by Gasteiger charge is 2.39. The number of halogens is 2. The Labute approximate surface area is 193 Å². The van der Waals surface area contributed by atoms with Gasteiger partial charge in [0.05, 0.1) is 53.8 Å². The first-order chi connectivity index (χ1) is 15.4. The van der Waals surface area contributed by atoms with Crippen molar-refractivity contribution in [1.29, 1.82) is 0 Å². The topological polar surface area (TPSA) is 107 Å². The van der Waals surface area contributed by atoms with Crippen molar-refractivity contribution in [3.05, 3.63) is 47.0 Å². The molecule has 11 heteroatoms. The second-order valence-electron chi connectivity index (χ2n) is 7.29. The third kappa shape index (κ3) is 4.36. The minimum absolute atomic E-state index is 0.0502. The van der Waals surface area contributed by atoms with E-state index in [-0.39, 0.29) is 19.1 Å². The molecule has 1 N–H and O–H groups in total.